The number of carbonyl (C=O) groups is 1. The summed E-state index contributed by atoms with van der Waals surface area (Å²) in [6, 6.07) is 6.91. The SMILES string of the molecule is O=C(O)c1cnc(Nc2ccc3c(c2)OCO3)c(Br)c1. The van der Waals surface area contributed by atoms with E-state index < -0.39 is 5.97 Å². The van der Waals surface area contributed by atoms with Crippen LogP contribution in [0.5, 0.6) is 11.5 Å². The van der Waals surface area contributed by atoms with Crippen molar-refractivity contribution in [3.05, 3.63) is 40.5 Å². The monoisotopic (exact) mass is 336 g/mol. The quantitative estimate of drug-likeness (QED) is 0.896. The number of anilines is 2. The van der Waals surface area contributed by atoms with E-state index in [2.05, 4.69) is 26.2 Å². The molecule has 0 amide bonds. The zero-order valence-corrected chi connectivity index (χ0v) is 11.7. The van der Waals surface area contributed by atoms with E-state index >= 15 is 0 Å². The summed E-state index contributed by atoms with van der Waals surface area (Å²) in [7, 11) is 0. The molecule has 1 aromatic carbocycles. The lowest BCUT2D eigenvalue weighted by atomic mass is 10.2. The number of hydrogen-bond acceptors (Lipinski definition) is 5. The Labute approximate surface area is 122 Å². The molecule has 0 unspecified atom stereocenters. The summed E-state index contributed by atoms with van der Waals surface area (Å²) < 4.78 is 11.1. The Balaban J connectivity index is 1.86. The van der Waals surface area contributed by atoms with E-state index in [1.807, 2.05) is 6.07 Å². The van der Waals surface area contributed by atoms with Gasteiger partial charge in [-0.3, -0.25) is 0 Å². The number of aromatic nitrogens is 1. The van der Waals surface area contributed by atoms with Crippen molar-refractivity contribution in [2.75, 3.05) is 12.1 Å². The van der Waals surface area contributed by atoms with E-state index in [1.165, 1.54) is 12.3 Å². The molecule has 0 atom stereocenters. The third-order valence-corrected chi connectivity index (χ3v) is 3.33. The minimum atomic E-state index is -1.02. The summed E-state index contributed by atoms with van der Waals surface area (Å²) in [5.41, 5.74) is 0.888. The Morgan fingerprint density at radius 1 is 1.30 bits per heavy atom. The van der Waals surface area contributed by atoms with Crippen LogP contribution in [0, 0.1) is 0 Å². The van der Waals surface area contributed by atoms with E-state index in [9.17, 15) is 4.79 Å². The Bertz CT molecular complexity index is 690. The van der Waals surface area contributed by atoms with Crippen molar-refractivity contribution in [3.63, 3.8) is 0 Å². The van der Waals surface area contributed by atoms with Crippen LogP contribution in [0.2, 0.25) is 0 Å². The molecule has 0 saturated heterocycles. The first-order valence-corrected chi connectivity index (χ1v) is 6.48. The lowest BCUT2D eigenvalue weighted by molar-refractivity contribution is 0.0696. The number of halogens is 1. The molecule has 1 aliphatic rings. The van der Waals surface area contributed by atoms with Crippen LogP contribution in [0.15, 0.2) is 34.9 Å². The van der Waals surface area contributed by atoms with Gasteiger partial charge in [-0.15, -0.1) is 0 Å². The molecule has 0 aliphatic carbocycles. The average molecular weight is 337 g/mol. The maximum absolute atomic E-state index is 10.8. The summed E-state index contributed by atoms with van der Waals surface area (Å²) in [5.74, 6) is 0.860. The number of nitrogens with zero attached hydrogens (tertiary/aromatic N) is 1. The van der Waals surface area contributed by atoms with E-state index in [-0.39, 0.29) is 12.4 Å². The number of pyridine rings is 1. The molecule has 3 rings (SSSR count). The average Bonchev–Trinajstić information content (AvgIpc) is 2.88. The molecule has 2 heterocycles. The molecule has 2 aromatic rings. The zero-order chi connectivity index (χ0) is 14.1. The molecule has 1 aromatic heterocycles. The highest BCUT2D eigenvalue weighted by atomic mass is 79.9. The molecule has 0 radical (unpaired) electrons. The number of carboxylic acids is 1. The Morgan fingerprint density at radius 3 is 2.85 bits per heavy atom. The summed E-state index contributed by atoms with van der Waals surface area (Å²) in [5, 5.41) is 12.0. The molecule has 1 aliphatic heterocycles. The van der Waals surface area contributed by atoms with E-state index in [0.29, 0.717) is 21.8 Å². The first-order chi connectivity index (χ1) is 9.63. The molecule has 0 spiro atoms. The third-order valence-electron chi connectivity index (χ3n) is 2.72. The highest BCUT2D eigenvalue weighted by Crippen LogP contribution is 2.35. The maximum Gasteiger partial charge on any atom is 0.337 e. The fraction of sp³-hybridized carbons (Fsp3) is 0.0769. The van der Waals surface area contributed by atoms with Crippen LogP contribution in [-0.2, 0) is 0 Å². The predicted molar refractivity (Wildman–Crippen MR) is 74.7 cm³/mol. The van der Waals surface area contributed by atoms with Gasteiger partial charge in [0.15, 0.2) is 11.5 Å². The van der Waals surface area contributed by atoms with E-state index in [0.717, 1.165) is 5.69 Å². The van der Waals surface area contributed by atoms with Crippen LogP contribution < -0.4 is 14.8 Å². The molecule has 6 nitrogen and oxygen atoms in total. The van der Waals surface area contributed by atoms with Gasteiger partial charge < -0.3 is 19.9 Å². The summed E-state index contributed by atoms with van der Waals surface area (Å²) in [4.78, 5) is 14.9. The number of rotatable bonds is 3. The fourth-order valence-corrected chi connectivity index (χ4v) is 2.21. The van der Waals surface area contributed by atoms with Crippen molar-refractivity contribution in [2.24, 2.45) is 0 Å². The third kappa shape index (κ3) is 2.39. The van der Waals surface area contributed by atoms with E-state index in [1.54, 1.807) is 12.1 Å². The number of carboxylic acid groups (broad SMARTS) is 1. The van der Waals surface area contributed by atoms with Gasteiger partial charge >= 0.3 is 5.97 Å². The lowest BCUT2D eigenvalue weighted by Crippen LogP contribution is -2.00. The number of fused-ring (bicyclic) bond motifs is 1. The molecule has 0 bridgehead atoms. The number of benzene rings is 1. The second-order valence-electron chi connectivity index (χ2n) is 4.05. The highest BCUT2D eigenvalue weighted by molar-refractivity contribution is 9.10. The molecule has 102 valence electrons. The van der Waals surface area contributed by atoms with E-state index in [4.69, 9.17) is 14.6 Å². The molecule has 0 fully saturated rings. The van der Waals surface area contributed by atoms with Crippen molar-refractivity contribution < 1.29 is 19.4 Å². The normalized spacial score (nSPS) is 12.2. The molecule has 7 heteroatoms. The van der Waals surface area contributed by atoms with Crippen LogP contribution in [-0.4, -0.2) is 22.9 Å². The minimum absolute atomic E-state index is 0.119. The van der Waals surface area contributed by atoms with Gasteiger partial charge in [0.05, 0.1) is 10.0 Å². The lowest BCUT2D eigenvalue weighted by Gasteiger charge is -2.08. The van der Waals surface area contributed by atoms with Crippen LogP contribution in [0.4, 0.5) is 11.5 Å². The van der Waals surface area contributed by atoms with Gasteiger partial charge in [-0.1, -0.05) is 0 Å². The van der Waals surface area contributed by atoms with Gasteiger partial charge in [0.25, 0.3) is 0 Å². The van der Waals surface area contributed by atoms with Gasteiger partial charge in [-0.2, -0.15) is 0 Å². The van der Waals surface area contributed by atoms with Crippen molar-refractivity contribution in [1.82, 2.24) is 4.98 Å². The molecular weight excluding hydrogens is 328 g/mol. The zero-order valence-electron chi connectivity index (χ0n) is 10.1. The van der Waals surface area contributed by atoms with Crippen LogP contribution in [0.3, 0.4) is 0 Å². The molecule has 20 heavy (non-hydrogen) atoms. The Morgan fingerprint density at radius 2 is 2.10 bits per heavy atom. The second-order valence-corrected chi connectivity index (χ2v) is 4.91. The summed E-state index contributed by atoms with van der Waals surface area (Å²) in [6.45, 7) is 0.216. The largest absolute Gasteiger partial charge is 0.478 e. The van der Waals surface area contributed by atoms with Gasteiger partial charge in [0.1, 0.15) is 5.82 Å². The van der Waals surface area contributed by atoms with Crippen LogP contribution in [0.25, 0.3) is 0 Å². The van der Waals surface area contributed by atoms with Gasteiger partial charge in [-0.25, -0.2) is 9.78 Å². The number of nitrogens with one attached hydrogen (secondary N) is 1. The topological polar surface area (TPSA) is 80.7 Å². The fourth-order valence-electron chi connectivity index (χ4n) is 1.76. The summed E-state index contributed by atoms with van der Waals surface area (Å²) in [6.07, 6.45) is 1.29. The maximum atomic E-state index is 10.8. The number of ether oxygens (including phenoxy) is 2. The smallest absolute Gasteiger partial charge is 0.337 e. The number of aromatic carboxylic acids is 1. The first-order valence-electron chi connectivity index (χ1n) is 5.69. The number of hydrogen-bond donors (Lipinski definition) is 2. The first kappa shape index (κ1) is 12.7. The van der Waals surface area contributed by atoms with Gasteiger partial charge in [0, 0.05) is 18.0 Å². The standard InChI is InChI=1S/C13H9BrN2O4/c14-9-3-7(13(17)18)5-15-12(9)16-8-1-2-10-11(4-8)20-6-19-10/h1-5H,6H2,(H,15,16)(H,17,18). The van der Waals surface area contributed by atoms with Crippen molar-refractivity contribution in [3.8, 4) is 11.5 Å². The predicted octanol–water partition coefficient (Wildman–Crippen LogP) is 3.01. The van der Waals surface area contributed by atoms with Crippen molar-refractivity contribution >= 4 is 33.4 Å². The molecular formula is C13H9BrN2O4. The van der Waals surface area contributed by atoms with Gasteiger partial charge in [0.2, 0.25) is 6.79 Å². The summed E-state index contributed by atoms with van der Waals surface area (Å²) >= 11 is 3.29. The highest BCUT2D eigenvalue weighted by Gasteiger charge is 2.14. The van der Waals surface area contributed by atoms with Crippen molar-refractivity contribution in [1.29, 1.82) is 0 Å². The van der Waals surface area contributed by atoms with Crippen LogP contribution >= 0.6 is 15.9 Å². The molecule has 0 saturated carbocycles. The Kier molecular flexibility index (Phi) is 3.19. The molecule has 2 N–H and O–H groups in total. The second kappa shape index (κ2) is 5.01. The van der Waals surface area contributed by atoms with Gasteiger partial charge in [-0.05, 0) is 34.1 Å². The Hall–Kier alpha value is -2.28. The van der Waals surface area contributed by atoms with Crippen molar-refractivity contribution in [2.45, 2.75) is 0 Å². The van der Waals surface area contributed by atoms with Crippen LogP contribution in [0.1, 0.15) is 10.4 Å². The minimum Gasteiger partial charge on any atom is -0.478 e.